The molecule has 4 fully saturated rings. The summed E-state index contributed by atoms with van der Waals surface area (Å²) in [6.07, 6.45) is 10.3. The number of aliphatic hydroxyl groups excluding tert-OH is 1. The summed E-state index contributed by atoms with van der Waals surface area (Å²) in [4.78, 5) is 72.9. The number of phenolic OH excluding ortho intramolecular Hbond substituents is 1. The molecular formula is C68H85N11O8S. The molecule has 0 saturated carbocycles. The van der Waals surface area contributed by atoms with Crippen LogP contribution < -0.4 is 30.3 Å². The summed E-state index contributed by atoms with van der Waals surface area (Å²) in [6, 6.07) is 29.9. The summed E-state index contributed by atoms with van der Waals surface area (Å²) in [5, 5.41) is 32.9. The number of β-amino-alcohol motifs (C(OH)–C–C–N with tert-alkyl or cyclic N) is 1. The van der Waals surface area contributed by atoms with Crippen LogP contribution in [0, 0.1) is 12.8 Å². The smallest absolute Gasteiger partial charge is 0.255 e. The second-order valence-corrected chi connectivity index (χ2v) is 25.5. The molecule has 5 atom stereocenters. The van der Waals surface area contributed by atoms with Gasteiger partial charge in [-0.1, -0.05) is 101 Å². The number of thiazole rings is 1. The number of carbonyl (C=O) groups excluding carboxylic acids is 4. The van der Waals surface area contributed by atoms with Crippen molar-refractivity contribution < 1.29 is 38.9 Å². The van der Waals surface area contributed by atoms with Crippen LogP contribution in [0.4, 0.5) is 17.2 Å². The van der Waals surface area contributed by atoms with Gasteiger partial charge < -0.3 is 55.2 Å². The Balaban J connectivity index is 0.560. The SMILES string of the molecule is Cc1ncsc1-c1ccc(CNC(=O)[C@@H]2C[C@@H](O)CN2C(=O)C(C(C)C)N2Cc3ccccc3C2=O)c(OCCCCCCCCCCC(=O)N2CCN(CCOc3cccc(N4C5CCC4CN(c4cc(-c6ccccc6O)nnc4N)C5)c3)CC2)c1. The van der Waals surface area contributed by atoms with Crippen molar-refractivity contribution >= 4 is 52.2 Å². The van der Waals surface area contributed by atoms with Gasteiger partial charge in [0.25, 0.3) is 5.91 Å². The van der Waals surface area contributed by atoms with E-state index in [1.807, 2.05) is 91.8 Å². The largest absolute Gasteiger partial charge is 0.507 e. The molecule has 11 rings (SSSR count). The van der Waals surface area contributed by atoms with E-state index in [-0.39, 0.29) is 54.8 Å². The monoisotopic (exact) mass is 1220 g/mol. The number of piperazine rings is 2. The van der Waals surface area contributed by atoms with E-state index in [0.717, 1.165) is 149 Å². The molecular weight excluding hydrogens is 1130 g/mol. The molecule has 5 aliphatic rings. The van der Waals surface area contributed by atoms with Crippen molar-refractivity contribution in [3.05, 3.63) is 125 Å². The van der Waals surface area contributed by atoms with Crippen LogP contribution in [-0.4, -0.2) is 164 Å². The summed E-state index contributed by atoms with van der Waals surface area (Å²) >= 11 is 1.57. The second kappa shape index (κ2) is 28.6. The molecule has 5 aliphatic heterocycles. The first kappa shape index (κ1) is 61.8. The number of carbonyl (C=O) groups is 4. The number of aromatic nitrogens is 3. The lowest BCUT2D eigenvalue weighted by atomic mass is 10.0. The number of phenols is 1. The van der Waals surface area contributed by atoms with E-state index in [0.29, 0.717) is 66.7 Å². The van der Waals surface area contributed by atoms with Gasteiger partial charge in [-0.3, -0.25) is 24.1 Å². The molecule has 4 aromatic carbocycles. The van der Waals surface area contributed by atoms with Gasteiger partial charge in [-0.25, -0.2) is 4.98 Å². The summed E-state index contributed by atoms with van der Waals surface area (Å²) in [5.74, 6) is 1.24. The number of nitrogen functional groups attached to an aromatic ring is 1. The van der Waals surface area contributed by atoms with Gasteiger partial charge in [0.15, 0.2) is 5.82 Å². The zero-order valence-electron chi connectivity index (χ0n) is 51.1. The maximum Gasteiger partial charge on any atom is 0.255 e. The van der Waals surface area contributed by atoms with Crippen LogP contribution in [0.15, 0.2) is 103 Å². The molecule has 4 amide bonds. The molecule has 88 heavy (non-hydrogen) atoms. The standard InChI is InChI=1S/C68H85N11O8S/c1-45(2)63(78-40-49-17-11-12-20-55(49)67(78)84)68(85)77-43-53(80)37-59(77)66(83)70-39-48-25-24-47(64-46(3)71-44-88-64)35-61(48)87-33-15-9-7-5-4-6-8-10-23-62(82)75-30-28-74(29-31-75)32-34-86-54-19-16-18-50(36-54)79-51-26-27-52(79)42-76(41-51)58-38-57(72-73-65(58)69)56-21-13-14-22-60(56)81/h11-14,16-22,24-25,35-36,38,44-45,51-53,59,63,80-81H,4-10,15,23,26-34,37,39-43H2,1-3H3,(H2,69,73)(H,70,83)/t51?,52?,53-,59+,63?/m1/s1. The Labute approximate surface area is 520 Å². The molecule has 2 bridgehead atoms. The Kier molecular flexibility index (Phi) is 20.1. The summed E-state index contributed by atoms with van der Waals surface area (Å²) in [5.41, 5.74) is 15.7. The van der Waals surface area contributed by atoms with Crippen molar-refractivity contribution in [3.8, 4) is 38.9 Å². The lowest BCUT2D eigenvalue weighted by Gasteiger charge is -2.43. The highest BCUT2D eigenvalue weighted by molar-refractivity contribution is 7.13. The number of rotatable bonds is 26. The van der Waals surface area contributed by atoms with Crippen molar-refractivity contribution in [3.63, 3.8) is 0 Å². The van der Waals surface area contributed by atoms with Gasteiger partial charge in [-0.2, -0.15) is 0 Å². The molecule has 5 N–H and O–H groups in total. The van der Waals surface area contributed by atoms with Gasteiger partial charge in [0.1, 0.15) is 35.9 Å². The molecule has 0 aliphatic carbocycles. The quantitative estimate of drug-likeness (QED) is 0.0372. The first-order valence-electron chi connectivity index (χ1n) is 31.8. The van der Waals surface area contributed by atoms with Crippen LogP contribution in [0.25, 0.3) is 21.7 Å². The van der Waals surface area contributed by atoms with Crippen LogP contribution in [0.5, 0.6) is 17.2 Å². The number of aliphatic hydroxyl groups is 1. The molecule has 2 aromatic heterocycles. The number of nitrogens with two attached hydrogens (primary N) is 1. The second-order valence-electron chi connectivity index (χ2n) is 24.7. The van der Waals surface area contributed by atoms with Gasteiger partial charge >= 0.3 is 0 Å². The van der Waals surface area contributed by atoms with Gasteiger partial charge in [-0.15, -0.1) is 21.5 Å². The van der Waals surface area contributed by atoms with E-state index in [4.69, 9.17) is 15.2 Å². The number of unbranched alkanes of at least 4 members (excludes halogenated alkanes) is 7. The number of fused-ring (bicyclic) bond motifs is 3. The number of aryl methyl sites for hydroxylation is 1. The third-order valence-electron chi connectivity index (χ3n) is 18.3. The number of aromatic hydroxyl groups is 1. The fraction of sp³-hybridized carbons (Fsp3) is 0.485. The van der Waals surface area contributed by atoms with Crippen molar-refractivity contribution in [1.29, 1.82) is 0 Å². The van der Waals surface area contributed by atoms with E-state index in [1.165, 1.54) is 10.6 Å². The minimum absolute atomic E-state index is 0.0180. The predicted octanol–water partition coefficient (Wildman–Crippen LogP) is 9.09. The molecule has 0 radical (unpaired) electrons. The third-order valence-corrected chi connectivity index (χ3v) is 19.3. The summed E-state index contributed by atoms with van der Waals surface area (Å²) in [6.45, 7) is 13.0. The predicted molar refractivity (Wildman–Crippen MR) is 342 cm³/mol. The maximum atomic E-state index is 14.3. The average Bonchev–Trinajstić information content (AvgIpc) is 1.81. The molecule has 19 nitrogen and oxygen atoms in total. The fourth-order valence-electron chi connectivity index (χ4n) is 13.6. The Hall–Kier alpha value is -7.81. The van der Waals surface area contributed by atoms with Crippen molar-refractivity contribution in [1.82, 2.24) is 40.1 Å². The Morgan fingerprint density at radius 1 is 0.795 bits per heavy atom. The van der Waals surface area contributed by atoms with E-state index < -0.39 is 18.2 Å². The lowest BCUT2D eigenvalue weighted by molar-refractivity contribution is -0.143. The van der Waals surface area contributed by atoms with E-state index >= 15 is 0 Å². The number of hydrogen-bond acceptors (Lipinski definition) is 16. The normalized spacial score (nSPS) is 19.6. The molecule has 20 heteroatoms. The first-order valence-corrected chi connectivity index (χ1v) is 32.6. The Morgan fingerprint density at radius 3 is 2.25 bits per heavy atom. The maximum absolute atomic E-state index is 14.3. The number of benzene rings is 4. The highest BCUT2D eigenvalue weighted by Gasteiger charge is 2.46. The van der Waals surface area contributed by atoms with E-state index in [1.54, 1.807) is 34.4 Å². The zero-order valence-corrected chi connectivity index (χ0v) is 51.9. The number of hydrogen-bond donors (Lipinski definition) is 4. The Bertz CT molecular complexity index is 3390. The number of nitrogens with one attached hydrogen (secondary N) is 1. The number of likely N-dealkylation sites (tertiary alicyclic amines) is 1. The van der Waals surface area contributed by atoms with Crippen LogP contribution in [-0.2, 0) is 27.5 Å². The minimum Gasteiger partial charge on any atom is -0.507 e. The Morgan fingerprint density at radius 2 is 1.52 bits per heavy atom. The molecule has 0 spiro atoms. The van der Waals surface area contributed by atoms with Gasteiger partial charge in [0.2, 0.25) is 17.7 Å². The van der Waals surface area contributed by atoms with Crippen molar-refractivity contribution in [2.75, 3.05) is 81.1 Å². The van der Waals surface area contributed by atoms with Crippen molar-refractivity contribution in [2.24, 2.45) is 5.92 Å². The highest BCUT2D eigenvalue weighted by Crippen LogP contribution is 2.41. The molecule has 4 saturated heterocycles. The number of para-hydroxylation sites is 1. The van der Waals surface area contributed by atoms with E-state index in [9.17, 15) is 29.4 Å². The van der Waals surface area contributed by atoms with E-state index in [2.05, 4.69) is 53.4 Å². The summed E-state index contributed by atoms with van der Waals surface area (Å²) in [7, 11) is 0. The minimum atomic E-state index is -0.885. The fourth-order valence-corrected chi connectivity index (χ4v) is 14.4. The van der Waals surface area contributed by atoms with Crippen LogP contribution in [0.2, 0.25) is 0 Å². The number of anilines is 3. The first-order chi connectivity index (χ1) is 42.8. The highest BCUT2D eigenvalue weighted by atomic mass is 32.1. The van der Waals surface area contributed by atoms with Crippen LogP contribution in [0.1, 0.15) is 118 Å². The van der Waals surface area contributed by atoms with Crippen LogP contribution in [0.3, 0.4) is 0 Å². The third kappa shape index (κ3) is 14.3. The summed E-state index contributed by atoms with van der Waals surface area (Å²) < 4.78 is 12.8. The molecule has 7 heterocycles. The molecule has 3 unspecified atom stereocenters. The topological polar surface area (TPSA) is 223 Å². The molecule has 6 aromatic rings. The number of nitrogens with zero attached hydrogens (tertiary/aromatic N) is 9. The van der Waals surface area contributed by atoms with Gasteiger partial charge in [0.05, 0.1) is 40.2 Å². The van der Waals surface area contributed by atoms with Gasteiger partial charge in [-0.05, 0) is 92.1 Å². The van der Waals surface area contributed by atoms with Crippen LogP contribution >= 0.6 is 11.3 Å². The number of amides is 4. The van der Waals surface area contributed by atoms with Crippen molar-refractivity contribution in [2.45, 2.75) is 141 Å². The zero-order chi connectivity index (χ0) is 61.3. The lowest BCUT2D eigenvalue weighted by Crippen LogP contribution is -2.55. The number of ether oxygens (including phenoxy) is 2. The van der Waals surface area contributed by atoms with Gasteiger partial charge in [0, 0.05) is 119 Å². The molecule has 466 valence electrons. The average molecular weight is 1220 g/mol.